The van der Waals surface area contributed by atoms with Crippen LogP contribution in [0.2, 0.25) is 0 Å². The molecule has 0 aliphatic rings. The summed E-state index contributed by atoms with van der Waals surface area (Å²) in [6.07, 6.45) is 0. The molecule has 0 aromatic heterocycles. The summed E-state index contributed by atoms with van der Waals surface area (Å²) < 4.78 is 12.6. The van der Waals surface area contributed by atoms with Crippen molar-refractivity contribution in [2.45, 2.75) is 0 Å². The van der Waals surface area contributed by atoms with E-state index in [1.807, 2.05) is 0 Å². The Hall–Kier alpha value is -2.47. The fraction of sp³-hybridized carbons (Fsp3) is 0. The van der Waals surface area contributed by atoms with Crippen LogP contribution in [0.3, 0.4) is 0 Å². The Kier molecular flexibility index (Phi) is 2.97. The summed E-state index contributed by atoms with van der Waals surface area (Å²) in [4.78, 5) is 0. The summed E-state index contributed by atoms with van der Waals surface area (Å²) >= 11 is 0. The fourth-order valence-electron chi connectivity index (χ4n) is 1.30. The minimum absolute atomic E-state index is 0.212. The molecule has 0 spiro atoms. The second-order valence-corrected chi connectivity index (χ2v) is 3.43. The van der Waals surface area contributed by atoms with Crippen molar-refractivity contribution in [3.63, 3.8) is 0 Å². The molecule has 0 radical (unpaired) electrons. The lowest BCUT2D eigenvalue weighted by molar-refractivity contribution is 0.403. The summed E-state index contributed by atoms with van der Waals surface area (Å²) in [6.45, 7) is 0. The zero-order chi connectivity index (χ0) is 12.3. The summed E-state index contributed by atoms with van der Waals surface area (Å²) in [5.41, 5.74) is 0.962. The maximum Gasteiger partial charge on any atom is 0.173 e. The first-order valence-electron chi connectivity index (χ1n) is 4.95. The smallest absolute Gasteiger partial charge is 0.173 e. The number of aromatic hydroxyl groups is 2. The van der Waals surface area contributed by atoms with Crippen LogP contribution in [0.4, 0.5) is 4.39 Å². The van der Waals surface area contributed by atoms with Gasteiger partial charge in [-0.05, 0) is 36.4 Å². The van der Waals surface area contributed by atoms with E-state index in [9.17, 15) is 14.6 Å². The molecular formula is C14H9FO2. The highest BCUT2D eigenvalue weighted by molar-refractivity contribution is 5.54. The third-order valence-electron chi connectivity index (χ3n) is 2.20. The number of halogens is 1. The largest absolute Gasteiger partial charge is 0.504 e. The number of phenolic OH excluding ortho intramolecular Hbond substituents is 2. The van der Waals surface area contributed by atoms with Gasteiger partial charge < -0.3 is 10.2 Å². The van der Waals surface area contributed by atoms with Crippen molar-refractivity contribution in [3.8, 4) is 23.3 Å². The molecule has 2 rings (SSSR count). The highest BCUT2D eigenvalue weighted by atomic mass is 19.1. The minimum atomic E-state index is -0.323. The molecule has 2 nitrogen and oxygen atoms in total. The molecule has 0 heterocycles. The van der Waals surface area contributed by atoms with Gasteiger partial charge in [0.15, 0.2) is 11.5 Å². The lowest BCUT2D eigenvalue weighted by Crippen LogP contribution is -1.79. The minimum Gasteiger partial charge on any atom is -0.504 e. The fourth-order valence-corrected chi connectivity index (χ4v) is 1.30. The molecule has 0 unspecified atom stereocenters. The summed E-state index contributed by atoms with van der Waals surface area (Å²) in [7, 11) is 0. The zero-order valence-corrected chi connectivity index (χ0v) is 8.81. The van der Waals surface area contributed by atoms with E-state index < -0.39 is 0 Å². The van der Waals surface area contributed by atoms with E-state index in [0.29, 0.717) is 11.1 Å². The first-order chi connectivity index (χ1) is 8.16. The molecule has 0 amide bonds. The van der Waals surface area contributed by atoms with Crippen molar-refractivity contribution in [1.29, 1.82) is 0 Å². The van der Waals surface area contributed by atoms with Gasteiger partial charge in [-0.25, -0.2) is 4.39 Å². The molecule has 2 aromatic carbocycles. The van der Waals surface area contributed by atoms with Crippen molar-refractivity contribution in [2.24, 2.45) is 0 Å². The Bertz CT molecular complexity index is 592. The van der Waals surface area contributed by atoms with Gasteiger partial charge >= 0.3 is 0 Å². The molecule has 0 bridgehead atoms. The lowest BCUT2D eigenvalue weighted by atomic mass is 10.1. The van der Waals surface area contributed by atoms with Crippen molar-refractivity contribution < 1.29 is 14.6 Å². The third-order valence-corrected chi connectivity index (χ3v) is 2.20. The zero-order valence-electron chi connectivity index (χ0n) is 8.81. The van der Waals surface area contributed by atoms with Gasteiger partial charge in [-0.1, -0.05) is 17.9 Å². The molecule has 2 N–H and O–H groups in total. The van der Waals surface area contributed by atoms with Gasteiger partial charge in [0.05, 0.1) is 5.56 Å². The molecule has 0 atom stereocenters. The van der Waals surface area contributed by atoms with E-state index in [1.165, 1.54) is 18.2 Å². The number of hydrogen-bond donors (Lipinski definition) is 2. The van der Waals surface area contributed by atoms with Gasteiger partial charge in [0.1, 0.15) is 5.82 Å². The molecule has 0 aliphatic carbocycles. The molecule has 84 valence electrons. The number of benzene rings is 2. The topological polar surface area (TPSA) is 40.5 Å². The molecular weight excluding hydrogens is 219 g/mol. The molecule has 0 aliphatic heterocycles. The van der Waals surface area contributed by atoms with Gasteiger partial charge in [-0.2, -0.15) is 0 Å². The standard InChI is InChI=1S/C14H9FO2/c15-12-8-5-10(6-9-12)4-7-11-2-1-3-13(16)14(11)17/h1-3,5-6,8-9,16-17H. The molecule has 17 heavy (non-hydrogen) atoms. The average Bonchev–Trinajstić information content (AvgIpc) is 2.33. The van der Waals surface area contributed by atoms with Crippen LogP contribution in [0.25, 0.3) is 0 Å². The summed E-state index contributed by atoms with van der Waals surface area (Å²) in [5, 5.41) is 18.8. The number of hydrogen-bond acceptors (Lipinski definition) is 2. The molecule has 0 fully saturated rings. The molecule has 3 heteroatoms. The quantitative estimate of drug-likeness (QED) is 0.537. The summed E-state index contributed by atoms with van der Waals surface area (Å²) in [5.74, 6) is 4.69. The molecule has 0 saturated heterocycles. The van der Waals surface area contributed by atoms with Crippen LogP contribution in [0.5, 0.6) is 11.5 Å². The van der Waals surface area contributed by atoms with E-state index >= 15 is 0 Å². The van der Waals surface area contributed by atoms with E-state index in [4.69, 9.17) is 0 Å². The average molecular weight is 228 g/mol. The van der Waals surface area contributed by atoms with Crippen LogP contribution in [-0.4, -0.2) is 10.2 Å². The predicted octanol–water partition coefficient (Wildman–Crippen LogP) is 2.64. The number of para-hydroxylation sites is 1. The van der Waals surface area contributed by atoms with E-state index in [1.54, 1.807) is 24.3 Å². The van der Waals surface area contributed by atoms with Crippen LogP contribution in [-0.2, 0) is 0 Å². The van der Waals surface area contributed by atoms with Gasteiger partial charge in [-0.3, -0.25) is 0 Å². The highest BCUT2D eigenvalue weighted by Gasteiger charge is 2.01. The van der Waals surface area contributed by atoms with Gasteiger partial charge in [0.2, 0.25) is 0 Å². The Labute approximate surface area is 98.0 Å². The van der Waals surface area contributed by atoms with Crippen LogP contribution in [0, 0.1) is 17.7 Å². The first-order valence-corrected chi connectivity index (χ1v) is 4.95. The van der Waals surface area contributed by atoms with Crippen LogP contribution < -0.4 is 0 Å². The van der Waals surface area contributed by atoms with Crippen LogP contribution in [0.1, 0.15) is 11.1 Å². The van der Waals surface area contributed by atoms with E-state index in [-0.39, 0.29) is 17.3 Å². The Morgan fingerprint density at radius 2 is 1.59 bits per heavy atom. The SMILES string of the molecule is Oc1cccc(C#Cc2ccc(F)cc2)c1O. The van der Waals surface area contributed by atoms with Crippen molar-refractivity contribution in [2.75, 3.05) is 0 Å². The first kappa shape index (κ1) is 11.0. The Morgan fingerprint density at radius 1 is 0.882 bits per heavy atom. The second-order valence-electron chi connectivity index (χ2n) is 3.43. The maximum atomic E-state index is 12.6. The Balaban J connectivity index is 2.33. The Morgan fingerprint density at radius 3 is 2.29 bits per heavy atom. The van der Waals surface area contributed by atoms with Gasteiger partial charge in [0.25, 0.3) is 0 Å². The maximum absolute atomic E-state index is 12.6. The number of rotatable bonds is 0. The van der Waals surface area contributed by atoms with Crippen molar-refractivity contribution >= 4 is 0 Å². The van der Waals surface area contributed by atoms with Crippen LogP contribution in [0.15, 0.2) is 42.5 Å². The second kappa shape index (κ2) is 4.58. The highest BCUT2D eigenvalue weighted by Crippen LogP contribution is 2.27. The van der Waals surface area contributed by atoms with Gasteiger partial charge in [-0.15, -0.1) is 0 Å². The van der Waals surface area contributed by atoms with Gasteiger partial charge in [0, 0.05) is 5.56 Å². The monoisotopic (exact) mass is 228 g/mol. The summed E-state index contributed by atoms with van der Waals surface area (Å²) in [6, 6.07) is 10.3. The lowest BCUT2D eigenvalue weighted by Gasteiger charge is -1.98. The van der Waals surface area contributed by atoms with E-state index in [2.05, 4.69) is 11.8 Å². The number of phenols is 2. The molecule has 2 aromatic rings. The molecule has 0 saturated carbocycles. The third kappa shape index (κ3) is 2.56. The van der Waals surface area contributed by atoms with Crippen molar-refractivity contribution in [3.05, 3.63) is 59.4 Å². The van der Waals surface area contributed by atoms with E-state index in [0.717, 1.165) is 0 Å². The predicted molar refractivity (Wildman–Crippen MR) is 62.2 cm³/mol. The van der Waals surface area contributed by atoms with Crippen molar-refractivity contribution in [1.82, 2.24) is 0 Å². The normalized spacial score (nSPS) is 9.47. The van der Waals surface area contributed by atoms with Crippen LogP contribution >= 0.6 is 0 Å².